The minimum Gasteiger partial charge on any atom is -0.354 e. The van der Waals surface area contributed by atoms with Crippen LogP contribution in [0.1, 0.15) is 46.0 Å². The lowest BCUT2D eigenvalue weighted by Gasteiger charge is -2.35. The van der Waals surface area contributed by atoms with Gasteiger partial charge in [0.05, 0.1) is 0 Å². The van der Waals surface area contributed by atoms with E-state index in [1.54, 1.807) is 0 Å². The molecule has 0 aromatic rings. The van der Waals surface area contributed by atoms with Crippen molar-refractivity contribution in [3.05, 3.63) is 0 Å². The van der Waals surface area contributed by atoms with E-state index in [0.29, 0.717) is 18.5 Å². The van der Waals surface area contributed by atoms with Crippen LogP contribution in [0.3, 0.4) is 0 Å². The molecule has 0 saturated carbocycles. The van der Waals surface area contributed by atoms with Crippen molar-refractivity contribution >= 4 is 30.7 Å². The minimum atomic E-state index is 0. The Kier molecular flexibility index (Phi) is 10.6. The van der Waals surface area contributed by atoms with Gasteiger partial charge in [-0.05, 0) is 58.2 Å². The molecule has 2 rings (SSSR count). The van der Waals surface area contributed by atoms with Crippen molar-refractivity contribution in [3.8, 4) is 0 Å². The molecule has 2 unspecified atom stereocenters. The van der Waals surface area contributed by atoms with E-state index in [4.69, 9.17) is 0 Å². The van der Waals surface area contributed by atoms with Crippen LogP contribution in [0.4, 0.5) is 0 Å². The number of carbonyl (C=O) groups excluding carboxylic acids is 1. The van der Waals surface area contributed by atoms with Crippen LogP contribution < -0.4 is 10.6 Å². The van der Waals surface area contributed by atoms with Gasteiger partial charge in [-0.25, -0.2) is 0 Å². The Balaban J connectivity index is 0.00000200. The molecule has 0 aromatic carbocycles. The minimum absolute atomic E-state index is 0. The summed E-state index contributed by atoms with van der Waals surface area (Å²) in [6.45, 7) is 8.79. The summed E-state index contributed by atoms with van der Waals surface area (Å²) < 4.78 is 0. The summed E-state index contributed by atoms with van der Waals surface area (Å²) in [4.78, 5) is 14.4. The highest BCUT2D eigenvalue weighted by Gasteiger charge is 2.21. The Morgan fingerprint density at radius 2 is 1.95 bits per heavy atom. The number of nitrogens with zero attached hydrogens (tertiary/aromatic N) is 1. The van der Waals surface area contributed by atoms with Crippen LogP contribution in [0.15, 0.2) is 0 Å². The average Bonchev–Trinajstić information content (AvgIpc) is 2.89. The molecule has 1 amide bonds. The van der Waals surface area contributed by atoms with E-state index in [1.165, 1.54) is 32.4 Å². The fraction of sp³-hybridized carbons (Fsp3) is 0.933. The molecule has 2 atom stereocenters. The van der Waals surface area contributed by atoms with Gasteiger partial charge in [0, 0.05) is 25.0 Å². The van der Waals surface area contributed by atoms with Gasteiger partial charge < -0.3 is 10.6 Å². The van der Waals surface area contributed by atoms with Gasteiger partial charge in [0.25, 0.3) is 0 Å². The van der Waals surface area contributed by atoms with E-state index in [0.717, 1.165) is 25.4 Å². The van der Waals surface area contributed by atoms with Gasteiger partial charge in [-0.3, -0.25) is 9.69 Å². The summed E-state index contributed by atoms with van der Waals surface area (Å²) in [6, 6.07) is 0.874. The zero-order valence-corrected chi connectivity index (χ0v) is 14.9. The SMILES string of the molecule is CC1CCN(C(C)CNC(=O)CC2CCCN2)CC1.Cl.Cl. The summed E-state index contributed by atoms with van der Waals surface area (Å²) >= 11 is 0. The molecule has 126 valence electrons. The Bertz CT molecular complexity index is 291. The number of carbonyl (C=O) groups is 1. The molecule has 2 saturated heterocycles. The molecule has 0 aliphatic carbocycles. The molecular formula is C15H31Cl2N3O. The molecule has 2 aliphatic rings. The maximum Gasteiger partial charge on any atom is 0.221 e. The number of halogens is 2. The molecule has 2 N–H and O–H groups in total. The van der Waals surface area contributed by atoms with Crippen LogP contribution in [0.2, 0.25) is 0 Å². The van der Waals surface area contributed by atoms with Crippen molar-refractivity contribution in [1.29, 1.82) is 0 Å². The molecule has 2 heterocycles. The van der Waals surface area contributed by atoms with Crippen LogP contribution in [-0.2, 0) is 4.79 Å². The third kappa shape index (κ3) is 7.18. The maximum atomic E-state index is 11.9. The van der Waals surface area contributed by atoms with Crippen molar-refractivity contribution in [1.82, 2.24) is 15.5 Å². The average molecular weight is 340 g/mol. The predicted octanol–water partition coefficient (Wildman–Crippen LogP) is 2.21. The Morgan fingerprint density at radius 3 is 2.52 bits per heavy atom. The lowest BCUT2D eigenvalue weighted by atomic mass is 9.98. The Labute approximate surface area is 141 Å². The highest BCUT2D eigenvalue weighted by atomic mass is 35.5. The number of hydrogen-bond acceptors (Lipinski definition) is 3. The van der Waals surface area contributed by atoms with Crippen molar-refractivity contribution in [2.24, 2.45) is 5.92 Å². The van der Waals surface area contributed by atoms with Gasteiger partial charge in [0.2, 0.25) is 5.91 Å². The molecule has 6 heteroatoms. The van der Waals surface area contributed by atoms with Gasteiger partial charge >= 0.3 is 0 Å². The zero-order chi connectivity index (χ0) is 13.7. The topological polar surface area (TPSA) is 44.4 Å². The van der Waals surface area contributed by atoms with Crippen LogP contribution in [0, 0.1) is 5.92 Å². The molecule has 4 nitrogen and oxygen atoms in total. The van der Waals surface area contributed by atoms with Gasteiger partial charge in [-0.15, -0.1) is 24.8 Å². The number of rotatable bonds is 5. The third-order valence-corrected chi connectivity index (χ3v) is 4.63. The summed E-state index contributed by atoms with van der Waals surface area (Å²) in [7, 11) is 0. The Hall–Kier alpha value is -0.0300. The maximum absolute atomic E-state index is 11.9. The highest BCUT2D eigenvalue weighted by molar-refractivity contribution is 5.85. The first-order valence-corrected chi connectivity index (χ1v) is 7.89. The summed E-state index contributed by atoms with van der Waals surface area (Å²) in [5.41, 5.74) is 0. The molecule has 2 fully saturated rings. The molecular weight excluding hydrogens is 309 g/mol. The highest BCUT2D eigenvalue weighted by Crippen LogP contribution is 2.17. The second kappa shape index (κ2) is 10.7. The number of hydrogen-bond donors (Lipinski definition) is 2. The van der Waals surface area contributed by atoms with E-state index in [1.807, 2.05) is 0 Å². The molecule has 0 bridgehead atoms. The largest absolute Gasteiger partial charge is 0.354 e. The predicted molar refractivity (Wildman–Crippen MR) is 92.6 cm³/mol. The first-order valence-electron chi connectivity index (χ1n) is 7.89. The molecule has 0 aromatic heterocycles. The number of nitrogens with one attached hydrogen (secondary N) is 2. The van der Waals surface area contributed by atoms with Crippen molar-refractivity contribution in [2.75, 3.05) is 26.2 Å². The summed E-state index contributed by atoms with van der Waals surface area (Å²) in [5, 5.41) is 6.47. The second-order valence-corrected chi connectivity index (χ2v) is 6.37. The number of amides is 1. The fourth-order valence-corrected chi connectivity index (χ4v) is 3.09. The number of likely N-dealkylation sites (tertiary alicyclic amines) is 1. The smallest absolute Gasteiger partial charge is 0.221 e. The molecule has 21 heavy (non-hydrogen) atoms. The number of piperidine rings is 1. The van der Waals surface area contributed by atoms with Crippen molar-refractivity contribution in [2.45, 2.75) is 58.0 Å². The van der Waals surface area contributed by atoms with Gasteiger partial charge in [-0.2, -0.15) is 0 Å². The van der Waals surface area contributed by atoms with Gasteiger partial charge in [-0.1, -0.05) is 6.92 Å². The van der Waals surface area contributed by atoms with Crippen LogP contribution in [0.25, 0.3) is 0 Å². The van der Waals surface area contributed by atoms with Crippen LogP contribution in [-0.4, -0.2) is 49.1 Å². The van der Waals surface area contributed by atoms with Crippen molar-refractivity contribution in [3.63, 3.8) is 0 Å². The molecule has 2 aliphatic heterocycles. The zero-order valence-electron chi connectivity index (χ0n) is 13.3. The Morgan fingerprint density at radius 1 is 1.29 bits per heavy atom. The first-order chi connectivity index (χ1) is 9.15. The van der Waals surface area contributed by atoms with E-state index in [9.17, 15) is 4.79 Å². The van der Waals surface area contributed by atoms with Gasteiger partial charge in [0.1, 0.15) is 0 Å². The van der Waals surface area contributed by atoms with Crippen molar-refractivity contribution < 1.29 is 4.79 Å². The van der Waals surface area contributed by atoms with E-state index >= 15 is 0 Å². The second-order valence-electron chi connectivity index (χ2n) is 6.37. The standard InChI is InChI=1S/C15H29N3O.2ClH/c1-12-5-8-18(9-6-12)13(2)11-17-15(19)10-14-4-3-7-16-14;;/h12-14,16H,3-11H2,1-2H3,(H,17,19);2*1H. The lowest BCUT2D eigenvalue weighted by Crippen LogP contribution is -2.46. The lowest BCUT2D eigenvalue weighted by molar-refractivity contribution is -0.121. The van der Waals surface area contributed by atoms with E-state index in [2.05, 4.69) is 29.4 Å². The fourth-order valence-electron chi connectivity index (χ4n) is 3.09. The first kappa shape index (κ1) is 21.0. The summed E-state index contributed by atoms with van der Waals surface area (Å²) in [5.74, 6) is 1.07. The molecule has 0 spiro atoms. The monoisotopic (exact) mass is 339 g/mol. The summed E-state index contributed by atoms with van der Waals surface area (Å²) in [6.07, 6.45) is 5.59. The normalized spacial score (nSPS) is 24.8. The molecule has 0 radical (unpaired) electrons. The quantitative estimate of drug-likeness (QED) is 0.807. The third-order valence-electron chi connectivity index (χ3n) is 4.63. The van der Waals surface area contributed by atoms with E-state index in [-0.39, 0.29) is 30.7 Å². The van der Waals surface area contributed by atoms with Crippen LogP contribution >= 0.6 is 24.8 Å². The van der Waals surface area contributed by atoms with Crippen LogP contribution in [0.5, 0.6) is 0 Å². The van der Waals surface area contributed by atoms with Gasteiger partial charge in [0.15, 0.2) is 0 Å². The van der Waals surface area contributed by atoms with E-state index < -0.39 is 0 Å².